The molecule has 0 aliphatic rings. The summed E-state index contributed by atoms with van der Waals surface area (Å²) in [5, 5.41) is 0.861. The highest BCUT2D eigenvalue weighted by Gasteiger charge is 2.15. The Morgan fingerprint density at radius 2 is 1.84 bits per heavy atom. The summed E-state index contributed by atoms with van der Waals surface area (Å²) in [4.78, 5) is 16.7. The van der Waals surface area contributed by atoms with Gasteiger partial charge in [-0.15, -0.1) is 0 Å². The van der Waals surface area contributed by atoms with Crippen LogP contribution < -0.4 is 0 Å². The molecule has 0 saturated carbocycles. The van der Waals surface area contributed by atoms with Crippen LogP contribution in [0.4, 0.5) is 0 Å². The van der Waals surface area contributed by atoms with E-state index in [4.69, 9.17) is 28.2 Å². The molecule has 0 saturated heterocycles. The number of nitrogens with zero attached hydrogens (tertiary/aromatic N) is 1. The zero-order chi connectivity index (χ0) is 18.0. The molecule has 0 bridgehead atoms. The van der Waals surface area contributed by atoms with Crippen molar-refractivity contribution in [3.63, 3.8) is 0 Å². The quantitative estimate of drug-likeness (QED) is 0.473. The molecule has 1 heterocycles. The van der Waals surface area contributed by atoms with Crippen LogP contribution in [0, 0.1) is 6.92 Å². The fourth-order valence-corrected chi connectivity index (χ4v) is 3.25. The Kier molecular flexibility index (Phi) is 5.41. The number of aryl methyl sites for hydroxylation is 2. The van der Waals surface area contributed by atoms with Crippen molar-refractivity contribution in [1.29, 1.82) is 0 Å². The van der Waals surface area contributed by atoms with Crippen LogP contribution in [0.1, 0.15) is 41.3 Å². The van der Waals surface area contributed by atoms with Crippen molar-refractivity contribution >= 4 is 39.3 Å². The zero-order valence-corrected chi connectivity index (χ0v) is 15.8. The third kappa shape index (κ3) is 3.70. The number of hydrogen-bond donors (Lipinski definition) is 0. The molecule has 2 aromatic carbocycles. The van der Waals surface area contributed by atoms with Gasteiger partial charge in [0.1, 0.15) is 0 Å². The zero-order valence-electron chi connectivity index (χ0n) is 14.3. The first-order chi connectivity index (χ1) is 12.0. The molecule has 0 amide bonds. The molecule has 1 aromatic heterocycles. The second-order valence-corrected chi connectivity index (χ2v) is 6.95. The second kappa shape index (κ2) is 7.55. The highest BCUT2D eigenvalue weighted by Crippen LogP contribution is 2.31. The van der Waals surface area contributed by atoms with Crippen LogP contribution in [0.2, 0.25) is 5.02 Å². The van der Waals surface area contributed by atoms with Gasteiger partial charge in [0.05, 0.1) is 11.2 Å². The highest BCUT2D eigenvalue weighted by molar-refractivity contribution is 6.68. The van der Waals surface area contributed by atoms with Crippen LogP contribution >= 0.6 is 23.2 Å². The maximum Gasteiger partial charge on any atom is 0.253 e. The molecule has 3 rings (SSSR count). The van der Waals surface area contributed by atoms with E-state index in [-0.39, 0.29) is 0 Å². The number of carbonyl (C=O) groups is 1. The first kappa shape index (κ1) is 17.9. The highest BCUT2D eigenvalue weighted by atomic mass is 35.5. The van der Waals surface area contributed by atoms with Gasteiger partial charge in [0.15, 0.2) is 0 Å². The van der Waals surface area contributed by atoms with Crippen molar-refractivity contribution in [2.75, 3.05) is 0 Å². The monoisotopic (exact) mass is 371 g/mol. The van der Waals surface area contributed by atoms with Crippen molar-refractivity contribution in [2.45, 2.75) is 33.1 Å². The molecule has 0 spiro atoms. The summed E-state index contributed by atoms with van der Waals surface area (Å²) in [5.41, 5.74) is 5.00. The summed E-state index contributed by atoms with van der Waals surface area (Å²) in [7, 11) is 0. The van der Waals surface area contributed by atoms with Gasteiger partial charge in [0.25, 0.3) is 5.24 Å². The summed E-state index contributed by atoms with van der Waals surface area (Å²) in [6, 6.07) is 13.6. The number of halogens is 2. The topological polar surface area (TPSA) is 30.0 Å². The van der Waals surface area contributed by atoms with Gasteiger partial charge in [-0.2, -0.15) is 0 Å². The lowest BCUT2D eigenvalue weighted by Gasteiger charge is -2.11. The average molecular weight is 372 g/mol. The molecular formula is C21H19Cl2NO. The van der Waals surface area contributed by atoms with E-state index in [1.165, 1.54) is 18.4 Å². The number of aromatic nitrogens is 1. The molecule has 2 nitrogen and oxygen atoms in total. The van der Waals surface area contributed by atoms with Crippen LogP contribution in [0.5, 0.6) is 0 Å². The SMILES string of the molecule is CCCCc1ccc(-c2cc(C(=O)Cl)c3ccc(Cl)c(C)c3n2)cc1. The Morgan fingerprint density at radius 1 is 1.12 bits per heavy atom. The first-order valence-corrected chi connectivity index (χ1v) is 9.16. The smallest absolute Gasteiger partial charge is 0.253 e. The maximum absolute atomic E-state index is 11.9. The fraction of sp³-hybridized carbons (Fsp3) is 0.238. The molecule has 0 radical (unpaired) electrons. The number of carbonyl (C=O) groups excluding carboxylic acids is 1. The predicted octanol–water partition coefficient (Wildman–Crippen LogP) is 6.59. The second-order valence-electron chi connectivity index (χ2n) is 6.20. The molecule has 0 unspecified atom stereocenters. The van der Waals surface area contributed by atoms with E-state index >= 15 is 0 Å². The van der Waals surface area contributed by atoms with Crippen LogP contribution in [0.15, 0.2) is 42.5 Å². The van der Waals surface area contributed by atoms with E-state index in [0.717, 1.165) is 28.6 Å². The summed E-state index contributed by atoms with van der Waals surface area (Å²) in [6.45, 7) is 4.09. The van der Waals surface area contributed by atoms with E-state index in [9.17, 15) is 4.79 Å². The van der Waals surface area contributed by atoms with Gasteiger partial charge >= 0.3 is 0 Å². The normalized spacial score (nSPS) is 11.0. The van der Waals surface area contributed by atoms with E-state index in [1.54, 1.807) is 18.2 Å². The van der Waals surface area contributed by atoms with Gasteiger partial charge in [-0.3, -0.25) is 4.79 Å². The van der Waals surface area contributed by atoms with Crippen LogP contribution in [0.25, 0.3) is 22.2 Å². The lowest BCUT2D eigenvalue weighted by atomic mass is 10.0. The van der Waals surface area contributed by atoms with Crippen molar-refractivity contribution in [2.24, 2.45) is 0 Å². The minimum atomic E-state index is -0.491. The maximum atomic E-state index is 11.9. The third-order valence-electron chi connectivity index (χ3n) is 4.45. The lowest BCUT2D eigenvalue weighted by molar-refractivity contribution is 0.108. The van der Waals surface area contributed by atoms with Gasteiger partial charge in [-0.25, -0.2) is 4.98 Å². The molecular weight excluding hydrogens is 353 g/mol. The van der Waals surface area contributed by atoms with E-state index in [1.807, 2.05) is 19.1 Å². The molecule has 0 fully saturated rings. The number of hydrogen-bond acceptors (Lipinski definition) is 2. The van der Waals surface area contributed by atoms with Gasteiger partial charge in [0, 0.05) is 21.5 Å². The molecule has 25 heavy (non-hydrogen) atoms. The Morgan fingerprint density at radius 3 is 2.48 bits per heavy atom. The van der Waals surface area contributed by atoms with Gasteiger partial charge in [0.2, 0.25) is 0 Å². The fourth-order valence-electron chi connectivity index (χ4n) is 2.94. The standard InChI is InChI=1S/C21H19Cl2NO/c1-3-4-5-14-6-8-15(9-7-14)19-12-17(21(23)25)16-10-11-18(22)13(2)20(16)24-19/h6-12H,3-5H2,1-2H3. The molecule has 4 heteroatoms. The van der Waals surface area contributed by atoms with Crippen LogP contribution in [0.3, 0.4) is 0 Å². The molecule has 128 valence electrons. The Labute approximate surface area is 157 Å². The van der Waals surface area contributed by atoms with Gasteiger partial charge in [-0.1, -0.05) is 55.3 Å². The third-order valence-corrected chi connectivity index (χ3v) is 5.06. The van der Waals surface area contributed by atoms with Crippen molar-refractivity contribution < 1.29 is 4.79 Å². The van der Waals surface area contributed by atoms with Gasteiger partial charge < -0.3 is 0 Å². The summed E-state index contributed by atoms with van der Waals surface area (Å²) in [5.74, 6) is 0. The minimum absolute atomic E-state index is 0.455. The number of fused-ring (bicyclic) bond motifs is 1. The molecule has 0 N–H and O–H groups in total. The Balaban J connectivity index is 2.13. The van der Waals surface area contributed by atoms with E-state index in [2.05, 4.69) is 19.1 Å². The molecule has 0 aliphatic carbocycles. The van der Waals surface area contributed by atoms with Crippen molar-refractivity contribution in [3.8, 4) is 11.3 Å². The number of benzene rings is 2. The summed E-state index contributed by atoms with van der Waals surface area (Å²) >= 11 is 12.0. The number of unbranched alkanes of at least 4 members (excludes halogenated alkanes) is 1. The summed E-state index contributed by atoms with van der Waals surface area (Å²) in [6.07, 6.45) is 3.42. The Hall–Kier alpha value is -1.90. The van der Waals surface area contributed by atoms with E-state index in [0.29, 0.717) is 16.1 Å². The van der Waals surface area contributed by atoms with Crippen molar-refractivity contribution in [1.82, 2.24) is 4.98 Å². The summed E-state index contributed by atoms with van der Waals surface area (Å²) < 4.78 is 0. The number of rotatable bonds is 5. The minimum Gasteiger partial charge on any atom is -0.276 e. The molecule has 0 atom stereocenters. The average Bonchev–Trinajstić information content (AvgIpc) is 2.62. The first-order valence-electron chi connectivity index (χ1n) is 8.40. The van der Waals surface area contributed by atoms with Crippen molar-refractivity contribution in [3.05, 3.63) is 64.2 Å². The van der Waals surface area contributed by atoms with Crippen LogP contribution in [-0.2, 0) is 6.42 Å². The van der Waals surface area contributed by atoms with Gasteiger partial charge in [-0.05, 0) is 54.6 Å². The molecule has 0 aliphatic heterocycles. The predicted molar refractivity (Wildman–Crippen MR) is 106 cm³/mol. The molecule has 3 aromatic rings. The lowest BCUT2D eigenvalue weighted by Crippen LogP contribution is -1.98. The Bertz CT molecular complexity index is 933. The number of pyridine rings is 1. The van der Waals surface area contributed by atoms with Crippen LogP contribution in [-0.4, -0.2) is 10.2 Å². The largest absolute Gasteiger partial charge is 0.276 e. The van der Waals surface area contributed by atoms with E-state index < -0.39 is 5.24 Å².